The molecule has 1 saturated carbocycles. The Labute approximate surface area is 120 Å². The van der Waals surface area contributed by atoms with Gasteiger partial charge in [0.05, 0.1) is 12.7 Å². The van der Waals surface area contributed by atoms with Crippen LogP contribution >= 0.6 is 0 Å². The minimum atomic E-state index is -0.301. The summed E-state index contributed by atoms with van der Waals surface area (Å²) in [6.45, 7) is 0. The molecule has 0 aliphatic heterocycles. The Morgan fingerprint density at radius 2 is 2.10 bits per heavy atom. The fourth-order valence-electron chi connectivity index (χ4n) is 2.91. The average Bonchev–Trinajstić information content (AvgIpc) is 2.41. The number of benzene rings is 1. The molecule has 3 nitrogen and oxygen atoms in total. The third kappa shape index (κ3) is 3.30. The number of rotatable bonds is 7. The standard InChI is InChI=1S/C16H24FNO2/c1-18-13(11-16(20-3)7-4-8-16)9-12-5-6-15(19-2)14(17)10-12/h5-6,10,13,18H,4,7-9,11H2,1-3H3. The Kier molecular flexibility index (Phi) is 5.00. The van der Waals surface area contributed by atoms with E-state index in [0.717, 1.165) is 31.2 Å². The SMILES string of the molecule is CNC(Cc1ccc(OC)c(F)c1)CC1(OC)CCC1. The zero-order valence-corrected chi connectivity index (χ0v) is 12.5. The van der Waals surface area contributed by atoms with Crippen molar-refractivity contribution in [2.24, 2.45) is 0 Å². The molecule has 0 radical (unpaired) electrons. The lowest BCUT2D eigenvalue weighted by Crippen LogP contribution is -2.45. The summed E-state index contributed by atoms with van der Waals surface area (Å²) in [7, 11) is 5.22. The largest absolute Gasteiger partial charge is 0.494 e. The van der Waals surface area contributed by atoms with Gasteiger partial charge >= 0.3 is 0 Å². The van der Waals surface area contributed by atoms with E-state index in [4.69, 9.17) is 9.47 Å². The Morgan fingerprint density at radius 3 is 2.55 bits per heavy atom. The summed E-state index contributed by atoms with van der Waals surface area (Å²) in [6, 6.07) is 5.46. The quantitative estimate of drug-likeness (QED) is 0.833. The van der Waals surface area contributed by atoms with Gasteiger partial charge in [-0.1, -0.05) is 6.07 Å². The van der Waals surface area contributed by atoms with Crippen molar-refractivity contribution in [1.82, 2.24) is 5.32 Å². The molecule has 0 bridgehead atoms. The van der Waals surface area contributed by atoms with Gasteiger partial charge < -0.3 is 14.8 Å². The lowest BCUT2D eigenvalue weighted by molar-refractivity contribution is -0.0830. The monoisotopic (exact) mass is 281 g/mol. The molecule has 1 aromatic carbocycles. The number of ether oxygens (including phenoxy) is 2. The highest BCUT2D eigenvalue weighted by atomic mass is 19.1. The maximum Gasteiger partial charge on any atom is 0.165 e. The van der Waals surface area contributed by atoms with Crippen LogP contribution in [0.2, 0.25) is 0 Å². The van der Waals surface area contributed by atoms with Gasteiger partial charge in [-0.2, -0.15) is 0 Å². The number of nitrogens with one attached hydrogen (secondary N) is 1. The minimum absolute atomic E-state index is 0.0265. The second kappa shape index (κ2) is 6.55. The first-order valence-corrected chi connectivity index (χ1v) is 7.17. The van der Waals surface area contributed by atoms with Crippen LogP contribution in [0.15, 0.2) is 18.2 Å². The van der Waals surface area contributed by atoms with E-state index in [0.29, 0.717) is 11.8 Å². The molecule has 0 amide bonds. The van der Waals surface area contributed by atoms with E-state index in [1.807, 2.05) is 13.1 Å². The van der Waals surface area contributed by atoms with Crippen LogP contribution in [-0.2, 0) is 11.2 Å². The summed E-state index contributed by atoms with van der Waals surface area (Å²) < 4.78 is 24.3. The number of halogens is 1. The third-order valence-electron chi connectivity index (χ3n) is 4.42. The molecule has 2 rings (SSSR count). The summed E-state index contributed by atoms with van der Waals surface area (Å²) in [5.74, 6) is -0.00735. The fourth-order valence-corrected chi connectivity index (χ4v) is 2.91. The molecule has 112 valence electrons. The molecule has 1 aliphatic rings. The zero-order valence-electron chi connectivity index (χ0n) is 12.5. The second-order valence-corrected chi connectivity index (χ2v) is 5.60. The van der Waals surface area contributed by atoms with Crippen LogP contribution in [0.5, 0.6) is 5.75 Å². The molecule has 0 saturated heterocycles. The van der Waals surface area contributed by atoms with Gasteiger partial charge in [0.1, 0.15) is 0 Å². The molecule has 1 unspecified atom stereocenters. The van der Waals surface area contributed by atoms with E-state index >= 15 is 0 Å². The number of hydrogen-bond acceptors (Lipinski definition) is 3. The Morgan fingerprint density at radius 1 is 1.35 bits per heavy atom. The minimum Gasteiger partial charge on any atom is -0.494 e. The molecule has 4 heteroatoms. The van der Waals surface area contributed by atoms with Gasteiger partial charge in [-0.25, -0.2) is 4.39 Å². The molecule has 1 fully saturated rings. The lowest BCUT2D eigenvalue weighted by atomic mass is 9.75. The Hall–Kier alpha value is -1.13. The van der Waals surface area contributed by atoms with Gasteiger partial charge in [0, 0.05) is 13.2 Å². The van der Waals surface area contributed by atoms with Crippen molar-refractivity contribution in [2.45, 2.75) is 43.7 Å². The van der Waals surface area contributed by atoms with Crippen molar-refractivity contribution in [1.29, 1.82) is 0 Å². The van der Waals surface area contributed by atoms with E-state index in [1.54, 1.807) is 19.2 Å². The smallest absolute Gasteiger partial charge is 0.165 e. The van der Waals surface area contributed by atoms with Gasteiger partial charge in [-0.3, -0.25) is 0 Å². The van der Waals surface area contributed by atoms with Crippen LogP contribution in [-0.4, -0.2) is 32.9 Å². The first kappa shape index (κ1) is 15.3. The predicted octanol–water partition coefficient (Wildman–Crippen LogP) is 2.92. The Bertz CT molecular complexity index is 441. The molecule has 0 spiro atoms. The number of likely N-dealkylation sites (N-methyl/N-ethyl adjacent to an activating group) is 1. The van der Waals surface area contributed by atoms with E-state index < -0.39 is 0 Å². The van der Waals surface area contributed by atoms with Gasteiger partial charge in [0.2, 0.25) is 0 Å². The van der Waals surface area contributed by atoms with E-state index in [-0.39, 0.29) is 11.4 Å². The van der Waals surface area contributed by atoms with Crippen molar-refractivity contribution in [3.63, 3.8) is 0 Å². The van der Waals surface area contributed by atoms with Crippen molar-refractivity contribution in [2.75, 3.05) is 21.3 Å². The summed E-state index contributed by atoms with van der Waals surface area (Å²) in [4.78, 5) is 0. The molecule has 1 atom stereocenters. The van der Waals surface area contributed by atoms with Crippen LogP contribution in [0, 0.1) is 5.82 Å². The molecule has 1 aliphatic carbocycles. The van der Waals surface area contributed by atoms with Crippen LogP contribution in [0.1, 0.15) is 31.2 Å². The Balaban J connectivity index is 2.00. The van der Waals surface area contributed by atoms with Crippen LogP contribution in [0.4, 0.5) is 4.39 Å². The maximum atomic E-state index is 13.7. The van der Waals surface area contributed by atoms with Crippen molar-refractivity contribution >= 4 is 0 Å². The second-order valence-electron chi connectivity index (χ2n) is 5.60. The van der Waals surface area contributed by atoms with E-state index in [9.17, 15) is 4.39 Å². The fraction of sp³-hybridized carbons (Fsp3) is 0.625. The van der Waals surface area contributed by atoms with E-state index in [1.165, 1.54) is 13.5 Å². The molecule has 1 N–H and O–H groups in total. The zero-order chi connectivity index (χ0) is 14.6. The third-order valence-corrected chi connectivity index (χ3v) is 4.42. The molecular formula is C16H24FNO2. The molecule has 0 aromatic heterocycles. The number of methoxy groups -OCH3 is 2. The highest BCUT2D eigenvalue weighted by molar-refractivity contribution is 5.29. The van der Waals surface area contributed by atoms with Gasteiger partial charge in [0.15, 0.2) is 11.6 Å². The predicted molar refractivity (Wildman–Crippen MR) is 77.7 cm³/mol. The van der Waals surface area contributed by atoms with Crippen molar-refractivity contribution < 1.29 is 13.9 Å². The highest BCUT2D eigenvalue weighted by Crippen LogP contribution is 2.39. The summed E-state index contributed by atoms with van der Waals surface area (Å²) in [6.07, 6.45) is 5.24. The maximum absolute atomic E-state index is 13.7. The summed E-state index contributed by atoms with van der Waals surface area (Å²) >= 11 is 0. The van der Waals surface area contributed by atoms with Crippen LogP contribution in [0.25, 0.3) is 0 Å². The summed E-state index contributed by atoms with van der Waals surface area (Å²) in [5, 5.41) is 3.32. The topological polar surface area (TPSA) is 30.5 Å². The highest BCUT2D eigenvalue weighted by Gasteiger charge is 2.38. The normalized spacial score (nSPS) is 18.4. The van der Waals surface area contributed by atoms with Crippen molar-refractivity contribution in [3.05, 3.63) is 29.6 Å². The molecule has 20 heavy (non-hydrogen) atoms. The molecule has 0 heterocycles. The first-order valence-electron chi connectivity index (χ1n) is 7.17. The number of hydrogen-bond donors (Lipinski definition) is 1. The lowest BCUT2D eigenvalue weighted by Gasteiger charge is -2.42. The van der Waals surface area contributed by atoms with Crippen molar-refractivity contribution in [3.8, 4) is 5.75 Å². The average molecular weight is 281 g/mol. The molecular weight excluding hydrogens is 257 g/mol. The van der Waals surface area contributed by atoms with Gasteiger partial charge in [0.25, 0.3) is 0 Å². The first-order chi connectivity index (χ1) is 9.62. The van der Waals surface area contributed by atoms with E-state index in [2.05, 4.69) is 5.32 Å². The van der Waals surface area contributed by atoms with Crippen LogP contribution in [0.3, 0.4) is 0 Å². The van der Waals surface area contributed by atoms with Gasteiger partial charge in [-0.05, 0) is 56.8 Å². The van der Waals surface area contributed by atoms with Gasteiger partial charge in [-0.15, -0.1) is 0 Å². The molecule has 1 aromatic rings. The summed E-state index contributed by atoms with van der Waals surface area (Å²) in [5.41, 5.74) is 1.01. The van der Waals surface area contributed by atoms with Crippen LogP contribution < -0.4 is 10.1 Å².